The van der Waals surface area contributed by atoms with Crippen molar-refractivity contribution in [1.29, 1.82) is 5.26 Å². The summed E-state index contributed by atoms with van der Waals surface area (Å²) in [7, 11) is 1.32. The van der Waals surface area contributed by atoms with Gasteiger partial charge in [-0.15, -0.1) is 0 Å². The minimum absolute atomic E-state index is 0.0129. The van der Waals surface area contributed by atoms with Crippen LogP contribution in [-0.4, -0.2) is 18.2 Å². The second-order valence-electron chi connectivity index (χ2n) is 2.99. The number of unbranched alkanes of at least 4 members (excludes halogenated alkanes) is 1. The first-order valence-electron chi connectivity index (χ1n) is 4.41. The predicted octanol–water partition coefficient (Wildman–Crippen LogP) is 1.48. The zero-order valence-corrected chi connectivity index (χ0v) is 9.72. The van der Waals surface area contributed by atoms with Crippen molar-refractivity contribution >= 4 is 19.7 Å². The van der Waals surface area contributed by atoms with Crippen LogP contribution in [0, 0.1) is 11.3 Å². The fourth-order valence-corrected chi connectivity index (χ4v) is 2.41. The lowest BCUT2D eigenvalue weighted by Crippen LogP contribution is -2.08. The number of aryl methyl sites for hydroxylation is 1. The van der Waals surface area contributed by atoms with Gasteiger partial charge >= 0.3 is 0 Å². The van der Waals surface area contributed by atoms with Crippen LogP contribution in [0.2, 0.25) is 0 Å². The van der Waals surface area contributed by atoms with E-state index < -0.39 is 9.05 Å². The standard InChI is InChI=1S/C8H10ClN3O2S/c1-2-3-4-12-8(15(9,13)14)7(5-10)6-11-12/h6H,2-4H2,1H3. The van der Waals surface area contributed by atoms with E-state index in [0.717, 1.165) is 12.8 Å². The highest BCUT2D eigenvalue weighted by molar-refractivity contribution is 8.13. The summed E-state index contributed by atoms with van der Waals surface area (Å²) in [5.41, 5.74) is -0.0129. The molecule has 0 radical (unpaired) electrons. The van der Waals surface area contributed by atoms with Crippen molar-refractivity contribution < 1.29 is 8.42 Å². The Labute approximate surface area is 92.7 Å². The number of rotatable bonds is 4. The van der Waals surface area contributed by atoms with Crippen molar-refractivity contribution in [3.05, 3.63) is 11.8 Å². The molecule has 82 valence electrons. The summed E-state index contributed by atoms with van der Waals surface area (Å²) < 4.78 is 23.7. The van der Waals surface area contributed by atoms with E-state index in [2.05, 4.69) is 5.10 Å². The molecule has 0 unspecified atom stereocenters. The van der Waals surface area contributed by atoms with Crippen LogP contribution in [0.3, 0.4) is 0 Å². The van der Waals surface area contributed by atoms with Crippen LogP contribution in [0.1, 0.15) is 25.3 Å². The molecule has 0 saturated heterocycles. The molecular weight excluding hydrogens is 238 g/mol. The normalized spacial score (nSPS) is 11.3. The summed E-state index contributed by atoms with van der Waals surface area (Å²) >= 11 is 0. The Hall–Kier alpha value is -1.06. The lowest BCUT2D eigenvalue weighted by molar-refractivity contribution is 0.518. The summed E-state index contributed by atoms with van der Waals surface area (Å²) in [5.74, 6) is 0. The number of hydrogen-bond acceptors (Lipinski definition) is 4. The number of halogens is 1. The number of nitriles is 1. The third kappa shape index (κ3) is 2.70. The Bertz CT molecular complexity index is 486. The summed E-state index contributed by atoms with van der Waals surface area (Å²) in [5, 5.41) is 12.3. The molecule has 0 atom stereocenters. The third-order valence-corrected chi connectivity index (χ3v) is 3.20. The van der Waals surface area contributed by atoms with E-state index in [9.17, 15) is 8.42 Å². The summed E-state index contributed by atoms with van der Waals surface area (Å²) in [4.78, 5) is 0. The van der Waals surface area contributed by atoms with E-state index in [1.165, 1.54) is 10.9 Å². The average Bonchev–Trinajstić information content (AvgIpc) is 2.56. The minimum atomic E-state index is -3.91. The lowest BCUT2D eigenvalue weighted by Gasteiger charge is -2.03. The highest BCUT2D eigenvalue weighted by Crippen LogP contribution is 2.19. The number of nitrogens with zero attached hydrogens (tertiary/aromatic N) is 3. The van der Waals surface area contributed by atoms with Crippen molar-refractivity contribution in [2.24, 2.45) is 0 Å². The van der Waals surface area contributed by atoms with Gasteiger partial charge in [0.25, 0.3) is 9.05 Å². The molecule has 0 bridgehead atoms. The average molecular weight is 248 g/mol. The predicted molar refractivity (Wildman–Crippen MR) is 54.9 cm³/mol. The molecule has 0 aliphatic carbocycles. The summed E-state index contributed by atoms with van der Waals surface area (Å²) in [6.07, 6.45) is 2.90. The second kappa shape index (κ2) is 4.64. The maximum absolute atomic E-state index is 11.2. The molecule has 15 heavy (non-hydrogen) atoms. The number of hydrogen-bond donors (Lipinski definition) is 0. The Kier molecular flexibility index (Phi) is 3.72. The molecule has 0 spiro atoms. The van der Waals surface area contributed by atoms with Gasteiger partial charge in [-0.2, -0.15) is 10.4 Å². The topological polar surface area (TPSA) is 75.8 Å². The second-order valence-corrected chi connectivity index (χ2v) is 5.47. The molecule has 0 aliphatic rings. The van der Waals surface area contributed by atoms with Crippen LogP contribution < -0.4 is 0 Å². The SMILES string of the molecule is CCCCn1ncc(C#N)c1S(=O)(=O)Cl. The molecule has 1 aromatic rings. The zero-order valence-electron chi connectivity index (χ0n) is 8.14. The molecule has 0 aromatic carbocycles. The fourth-order valence-electron chi connectivity index (χ4n) is 1.18. The Morgan fingerprint density at radius 3 is 2.80 bits per heavy atom. The zero-order chi connectivity index (χ0) is 11.5. The van der Waals surface area contributed by atoms with Crippen molar-refractivity contribution in [3.63, 3.8) is 0 Å². The van der Waals surface area contributed by atoms with E-state index in [1.54, 1.807) is 6.07 Å². The van der Waals surface area contributed by atoms with Gasteiger partial charge < -0.3 is 0 Å². The fraction of sp³-hybridized carbons (Fsp3) is 0.500. The van der Waals surface area contributed by atoms with E-state index in [0.29, 0.717) is 6.54 Å². The minimum Gasteiger partial charge on any atom is -0.252 e. The van der Waals surface area contributed by atoms with Gasteiger partial charge in [0, 0.05) is 17.2 Å². The van der Waals surface area contributed by atoms with E-state index in [4.69, 9.17) is 15.9 Å². The van der Waals surface area contributed by atoms with E-state index in [1.807, 2.05) is 6.92 Å². The van der Waals surface area contributed by atoms with Gasteiger partial charge in [0.1, 0.15) is 11.6 Å². The first-order chi connectivity index (χ1) is 7.00. The van der Waals surface area contributed by atoms with Gasteiger partial charge in [0.2, 0.25) is 0 Å². The molecule has 1 aromatic heterocycles. The summed E-state index contributed by atoms with van der Waals surface area (Å²) in [6, 6.07) is 1.75. The van der Waals surface area contributed by atoms with Crippen molar-refractivity contribution in [1.82, 2.24) is 9.78 Å². The lowest BCUT2D eigenvalue weighted by atomic mass is 10.3. The Morgan fingerprint density at radius 2 is 2.33 bits per heavy atom. The maximum Gasteiger partial charge on any atom is 0.279 e. The first kappa shape index (κ1) is 12.0. The van der Waals surface area contributed by atoms with Crippen molar-refractivity contribution in [3.8, 4) is 6.07 Å². The molecule has 0 fully saturated rings. The molecule has 1 heterocycles. The van der Waals surface area contributed by atoms with Crippen LogP contribution in [0.4, 0.5) is 0 Å². The Morgan fingerprint density at radius 1 is 1.67 bits per heavy atom. The molecule has 0 aliphatic heterocycles. The largest absolute Gasteiger partial charge is 0.279 e. The smallest absolute Gasteiger partial charge is 0.252 e. The molecule has 0 N–H and O–H groups in total. The molecule has 0 saturated carbocycles. The monoisotopic (exact) mass is 247 g/mol. The molecular formula is C8H10ClN3O2S. The van der Waals surface area contributed by atoms with Crippen LogP contribution >= 0.6 is 10.7 Å². The van der Waals surface area contributed by atoms with Crippen LogP contribution in [-0.2, 0) is 15.6 Å². The van der Waals surface area contributed by atoms with Crippen molar-refractivity contribution in [2.75, 3.05) is 0 Å². The first-order valence-corrected chi connectivity index (χ1v) is 6.72. The van der Waals surface area contributed by atoms with Gasteiger partial charge in [-0.3, -0.25) is 4.68 Å². The quantitative estimate of drug-likeness (QED) is 0.756. The van der Waals surface area contributed by atoms with Gasteiger partial charge in [-0.05, 0) is 6.42 Å². The molecule has 0 amide bonds. The van der Waals surface area contributed by atoms with E-state index in [-0.39, 0.29) is 10.6 Å². The molecule has 5 nitrogen and oxygen atoms in total. The van der Waals surface area contributed by atoms with Gasteiger partial charge in [0.15, 0.2) is 5.03 Å². The highest BCUT2D eigenvalue weighted by Gasteiger charge is 2.22. The van der Waals surface area contributed by atoms with Crippen LogP contribution in [0.5, 0.6) is 0 Å². The van der Waals surface area contributed by atoms with Crippen molar-refractivity contribution in [2.45, 2.75) is 31.3 Å². The molecule has 1 rings (SSSR count). The van der Waals surface area contributed by atoms with Crippen LogP contribution in [0.15, 0.2) is 11.2 Å². The molecule has 7 heteroatoms. The summed E-state index contributed by atoms with van der Waals surface area (Å²) in [6.45, 7) is 2.42. The van der Waals surface area contributed by atoms with Gasteiger partial charge in [0.05, 0.1) is 6.20 Å². The van der Waals surface area contributed by atoms with Gasteiger partial charge in [-0.25, -0.2) is 8.42 Å². The third-order valence-electron chi connectivity index (χ3n) is 1.87. The highest BCUT2D eigenvalue weighted by atomic mass is 35.7. The van der Waals surface area contributed by atoms with Gasteiger partial charge in [-0.1, -0.05) is 13.3 Å². The maximum atomic E-state index is 11.2. The number of aromatic nitrogens is 2. The van der Waals surface area contributed by atoms with Crippen LogP contribution in [0.25, 0.3) is 0 Å². The Balaban J connectivity index is 3.20. The van der Waals surface area contributed by atoms with E-state index >= 15 is 0 Å².